The predicted molar refractivity (Wildman–Crippen MR) is 122 cm³/mol. The van der Waals surface area contributed by atoms with Gasteiger partial charge in [0, 0.05) is 38.1 Å². The molecule has 4 rings (SSSR count). The highest BCUT2D eigenvalue weighted by molar-refractivity contribution is 7.89. The van der Waals surface area contributed by atoms with Crippen molar-refractivity contribution in [3.05, 3.63) is 30.1 Å². The van der Waals surface area contributed by atoms with Crippen LogP contribution in [0.3, 0.4) is 0 Å². The van der Waals surface area contributed by atoms with E-state index in [0.717, 1.165) is 50.7 Å². The Morgan fingerprint density at radius 3 is 2.18 bits per heavy atom. The zero-order valence-electron chi connectivity index (χ0n) is 19.0. The lowest BCUT2D eigenvalue weighted by atomic mass is 9.91. The Balaban J connectivity index is 1.29. The zero-order valence-corrected chi connectivity index (χ0v) is 19.9. The lowest BCUT2D eigenvalue weighted by Crippen LogP contribution is -2.50. The zero-order chi connectivity index (χ0) is 23.4. The number of likely N-dealkylation sites (tertiary alicyclic amines) is 1. The highest BCUT2D eigenvalue weighted by atomic mass is 32.2. The summed E-state index contributed by atoms with van der Waals surface area (Å²) < 4.78 is 40.2. The molecule has 1 aromatic rings. The fourth-order valence-electron chi connectivity index (χ4n) is 5.31. The van der Waals surface area contributed by atoms with E-state index in [9.17, 15) is 22.4 Å². The Labute approximate surface area is 195 Å². The average Bonchev–Trinajstić information content (AvgIpc) is 2.84. The smallest absolute Gasteiger partial charge is 0.243 e. The molecular weight excluding hydrogens is 445 g/mol. The first-order chi connectivity index (χ1) is 15.8. The van der Waals surface area contributed by atoms with Gasteiger partial charge in [0.1, 0.15) is 5.82 Å². The van der Waals surface area contributed by atoms with Crippen LogP contribution in [-0.4, -0.2) is 61.7 Å². The number of rotatable bonds is 5. The molecule has 1 aliphatic carbocycles. The molecule has 1 atom stereocenters. The van der Waals surface area contributed by atoms with Gasteiger partial charge in [-0.25, -0.2) is 12.8 Å². The molecule has 2 amide bonds. The van der Waals surface area contributed by atoms with Crippen molar-refractivity contribution in [1.82, 2.24) is 14.5 Å². The van der Waals surface area contributed by atoms with Gasteiger partial charge in [0.25, 0.3) is 0 Å². The molecule has 33 heavy (non-hydrogen) atoms. The standard InChI is InChI=1S/C24H34FN3O4S/c25-20-8-10-22(11-9-20)33(31,32)28-15-12-18(13-16-28)24(30)27-14-4-5-19(17-27)23(29)26-21-6-2-1-3-7-21/h8-11,18-19,21H,1-7,12-17H2,(H,26,29). The van der Waals surface area contributed by atoms with Crippen LogP contribution in [0.25, 0.3) is 0 Å². The number of hydrogen-bond acceptors (Lipinski definition) is 4. The van der Waals surface area contributed by atoms with E-state index < -0.39 is 15.8 Å². The van der Waals surface area contributed by atoms with Crippen molar-refractivity contribution in [2.75, 3.05) is 26.2 Å². The highest BCUT2D eigenvalue weighted by Crippen LogP contribution is 2.27. The van der Waals surface area contributed by atoms with E-state index in [1.165, 1.54) is 22.9 Å². The van der Waals surface area contributed by atoms with Crippen molar-refractivity contribution in [3.63, 3.8) is 0 Å². The molecule has 0 spiro atoms. The summed E-state index contributed by atoms with van der Waals surface area (Å²) in [5, 5.41) is 3.20. The van der Waals surface area contributed by atoms with Crippen LogP contribution < -0.4 is 5.32 Å². The van der Waals surface area contributed by atoms with Crippen molar-refractivity contribution in [3.8, 4) is 0 Å². The highest BCUT2D eigenvalue weighted by Gasteiger charge is 2.36. The lowest BCUT2D eigenvalue weighted by Gasteiger charge is -2.37. The van der Waals surface area contributed by atoms with E-state index in [-0.39, 0.29) is 47.7 Å². The minimum Gasteiger partial charge on any atom is -0.353 e. The van der Waals surface area contributed by atoms with E-state index in [4.69, 9.17) is 0 Å². The maximum atomic E-state index is 13.2. The first-order valence-electron chi connectivity index (χ1n) is 12.2. The SMILES string of the molecule is O=C(NC1CCCCC1)C1CCCN(C(=O)C2CCN(S(=O)(=O)c3ccc(F)cc3)CC2)C1. The number of piperidine rings is 2. The average molecular weight is 480 g/mol. The minimum absolute atomic E-state index is 0.0315. The van der Waals surface area contributed by atoms with Gasteiger partial charge in [-0.05, 0) is 62.8 Å². The summed E-state index contributed by atoms with van der Waals surface area (Å²) in [6, 6.07) is 5.09. The van der Waals surface area contributed by atoms with Gasteiger partial charge in [-0.15, -0.1) is 0 Å². The first-order valence-corrected chi connectivity index (χ1v) is 13.6. The maximum absolute atomic E-state index is 13.2. The van der Waals surface area contributed by atoms with Crippen LogP contribution in [0.4, 0.5) is 4.39 Å². The van der Waals surface area contributed by atoms with Crippen LogP contribution >= 0.6 is 0 Å². The van der Waals surface area contributed by atoms with Crippen LogP contribution in [-0.2, 0) is 19.6 Å². The number of benzene rings is 1. The van der Waals surface area contributed by atoms with Gasteiger partial charge < -0.3 is 10.2 Å². The monoisotopic (exact) mass is 479 g/mol. The van der Waals surface area contributed by atoms with E-state index in [2.05, 4.69) is 5.32 Å². The molecule has 2 heterocycles. The van der Waals surface area contributed by atoms with Crippen LogP contribution in [0.1, 0.15) is 57.8 Å². The Kier molecular flexibility index (Phi) is 7.69. The van der Waals surface area contributed by atoms with Crippen molar-refractivity contribution in [1.29, 1.82) is 0 Å². The van der Waals surface area contributed by atoms with E-state index in [0.29, 0.717) is 25.9 Å². The van der Waals surface area contributed by atoms with Crippen LogP contribution in [0.5, 0.6) is 0 Å². The molecule has 0 aromatic heterocycles. The molecule has 2 aliphatic heterocycles. The summed E-state index contributed by atoms with van der Waals surface area (Å²) in [6.07, 6.45) is 8.17. The number of amides is 2. The Morgan fingerprint density at radius 1 is 0.848 bits per heavy atom. The largest absolute Gasteiger partial charge is 0.353 e. The second-order valence-electron chi connectivity index (χ2n) is 9.60. The summed E-state index contributed by atoms with van der Waals surface area (Å²) in [5.41, 5.74) is 0. The number of nitrogens with zero attached hydrogens (tertiary/aromatic N) is 2. The molecule has 182 valence electrons. The second-order valence-corrected chi connectivity index (χ2v) is 11.5. The Morgan fingerprint density at radius 2 is 1.52 bits per heavy atom. The summed E-state index contributed by atoms with van der Waals surface area (Å²) in [5.74, 6) is -0.775. The normalized spacial score (nSPS) is 23.9. The third kappa shape index (κ3) is 5.74. The number of carbonyl (C=O) groups is 2. The fraction of sp³-hybridized carbons (Fsp3) is 0.667. The predicted octanol–water partition coefficient (Wildman–Crippen LogP) is 2.91. The summed E-state index contributed by atoms with van der Waals surface area (Å²) in [7, 11) is -3.70. The molecule has 1 N–H and O–H groups in total. The lowest BCUT2D eigenvalue weighted by molar-refractivity contribution is -0.140. The van der Waals surface area contributed by atoms with E-state index in [1.807, 2.05) is 4.90 Å². The van der Waals surface area contributed by atoms with Gasteiger partial charge in [0.05, 0.1) is 10.8 Å². The molecule has 7 nitrogen and oxygen atoms in total. The Hall–Kier alpha value is -2.00. The molecule has 3 aliphatic rings. The van der Waals surface area contributed by atoms with Gasteiger partial charge in [-0.2, -0.15) is 4.31 Å². The van der Waals surface area contributed by atoms with Gasteiger partial charge in [0.2, 0.25) is 21.8 Å². The second kappa shape index (κ2) is 10.5. The number of carbonyl (C=O) groups excluding carboxylic acids is 2. The third-order valence-corrected chi connectivity index (χ3v) is 9.22. The number of nitrogens with one attached hydrogen (secondary N) is 1. The molecule has 0 bridgehead atoms. The summed E-state index contributed by atoms with van der Waals surface area (Å²) >= 11 is 0. The molecule has 0 radical (unpaired) electrons. The van der Waals surface area contributed by atoms with Crippen LogP contribution in [0.2, 0.25) is 0 Å². The van der Waals surface area contributed by atoms with Crippen molar-refractivity contribution in [2.24, 2.45) is 11.8 Å². The van der Waals surface area contributed by atoms with E-state index in [1.54, 1.807) is 0 Å². The molecule has 1 aromatic carbocycles. The van der Waals surface area contributed by atoms with Crippen LogP contribution in [0, 0.1) is 17.7 Å². The number of sulfonamides is 1. The Bertz CT molecular complexity index is 939. The first kappa shape index (κ1) is 24.1. The topological polar surface area (TPSA) is 86.8 Å². The molecular formula is C24H34FN3O4S. The minimum atomic E-state index is -3.70. The van der Waals surface area contributed by atoms with Crippen molar-refractivity contribution < 1.29 is 22.4 Å². The number of hydrogen-bond donors (Lipinski definition) is 1. The molecule has 2 saturated heterocycles. The fourth-order valence-corrected chi connectivity index (χ4v) is 6.78. The van der Waals surface area contributed by atoms with Crippen molar-refractivity contribution >= 4 is 21.8 Å². The summed E-state index contributed by atoms with van der Waals surface area (Å²) in [4.78, 5) is 27.8. The summed E-state index contributed by atoms with van der Waals surface area (Å²) in [6.45, 7) is 1.62. The quantitative estimate of drug-likeness (QED) is 0.704. The van der Waals surface area contributed by atoms with Crippen LogP contribution in [0.15, 0.2) is 29.2 Å². The van der Waals surface area contributed by atoms with Gasteiger partial charge >= 0.3 is 0 Å². The van der Waals surface area contributed by atoms with E-state index >= 15 is 0 Å². The molecule has 1 unspecified atom stereocenters. The third-order valence-electron chi connectivity index (χ3n) is 7.31. The van der Waals surface area contributed by atoms with Crippen molar-refractivity contribution in [2.45, 2.75) is 68.7 Å². The molecule has 9 heteroatoms. The van der Waals surface area contributed by atoms with Gasteiger partial charge in [0.15, 0.2) is 0 Å². The van der Waals surface area contributed by atoms with Gasteiger partial charge in [-0.3, -0.25) is 9.59 Å². The maximum Gasteiger partial charge on any atom is 0.243 e. The van der Waals surface area contributed by atoms with Gasteiger partial charge in [-0.1, -0.05) is 19.3 Å². The number of halogens is 1. The molecule has 1 saturated carbocycles. The molecule has 3 fully saturated rings.